The molecule has 0 radical (unpaired) electrons. The van der Waals surface area contributed by atoms with Crippen LogP contribution in [0, 0.1) is 5.92 Å². The summed E-state index contributed by atoms with van der Waals surface area (Å²) in [5.41, 5.74) is 0. The zero-order chi connectivity index (χ0) is 11.3. The highest BCUT2D eigenvalue weighted by molar-refractivity contribution is 4.99. The second-order valence-electron chi connectivity index (χ2n) is 4.45. The van der Waals surface area contributed by atoms with Gasteiger partial charge < -0.3 is 9.88 Å². The smallest absolute Gasteiger partial charge is 0.125 e. The molecule has 15 heavy (non-hydrogen) atoms. The van der Waals surface area contributed by atoms with Crippen molar-refractivity contribution >= 4 is 0 Å². The summed E-state index contributed by atoms with van der Waals surface area (Å²) in [5, 5.41) is 3.35. The van der Waals surface area contributed by atoms with E-state index in [0.29, 0.717) is 12.0 Å². The molecule has 86 valence electrons. The quantitative estimate of drug-likeness (QED) is 0.780. The van der Waals surface area contributed by atoms with Crippen molar-refractivity contribution in [3.05, 3.63) is 18.2 Å². The third-order valence-electron chi connectivity index (χ3n) is 2.58. The maximum atomic E-state index is 4.46. The van der Waals surface area contributed by atoms with E-state index in [1.807, 2.05) is 13.2 Å². The van der Waals surface area contributed by atoms with E-state index < -0.39 is 0 Å². The Morgan fingerprint density at radius 2 is 2.20 bits per heavy atom. The lowest BCUT2D eigenvalue weighted by Crippen LogP contribution is -2.22. The Hall–Kier alpha value is -0.830. The molecular formula is C12H23N3. The average molecular weight is 209 g/mol. The Morgan fingerprint density at radius 3 is 2.73 bits per heavy atom. The van der Waals surface area contributed by atoms with Gasteiger partial charge >= 0.3 is 0 Å². The zero-order valence-electron chi connectivity index (χ0n) is 10.3. The Labute approximate surface area is 92.9 Å². The molecule has 1 heterocycles. The van der Waals surface area contributed by atoms with Gasteiger partial charge in [0.15, 0.2) is 0 Å². The van der Waals surface area contributed by atoms with Crippen LogP contribution in [-0.2, 0) is 6.54 Å². The lowest BCUT2D eigenvalue weighted by molar-refractivity contribution is 0.423. The number of nitrogens with one attached hydrogen (secondary N) is 1. The number of nitrogens with zero attached hydrogens (tertiary/aromatic N) is 2. The molecule has 1 aromatic heterocycles. The minimum absolute atomic E-state index is 0.381. The molecule has 0 aliphatic carbocycles. The van der Waals surface area contributed by atoms with Crippen LogP contribution in [0.2, 0.25) is 0 Å². The molecule has 0 amide bonds. The van der Waals surface area contributed by atoms with Gasteiger partial charge in [0.2, 0.25) is 0 Å². The number of aromatic nitrogens is 2. The molecule has 1 atom stereocenters. The van der Waals surface area contributed by atoms with Crippen molar-refractivity contribution in [3.8, 4) is 0 Å². The Morgan fingerprint density at radius 1 is 1.47 bits per heavy atom. The summed E-state index contributed by atoms with van der Waals surface area (Å²) in [7, 11) is 2.01. The van der Waals surface area contributed by atoms with Gasteiger partial charge in [-0.25, -0.2) is 4.98 Å². The van der Waals surface area contributed by atoms with E-state index in [2.05, 4.69) is 41.8 Å². The first-order valence-corrected chi connectivity index (χ1v) is 5.87. The van der Waals surface area contributed by atoms with Crippen LogP contribution in [0.5, 0.6) is 0 Å². The van der Waals surface area contributed by atoms with Gasteiger partial charge in [-0.3, -0.25) is 0 Å². The van der Waals surface area contributed by atoms with Crippen LogP contribution in [0.3, 0.4) is 0 Å². The van der Waals surface area contributed by atoms with Crippen molar-refractivity contribution in [1.29, 1.82) is 0 Å². The van der Waals surface area contributed by atoms with E-state index in [0.717, 1.165) is 19.4 Å². The van der Waals surface area contributed by atoms with Crippen molar-refractivity contribution in [1.82, 2.24) is 14.9 Å². The van der Waals surface area contributed by atoms with Crippen molar-refractivity contribution in [2.45, 2.75) is 46.2 Å². The van der Waals surface area contributed by atoms with Gasteiger partial charge in [-0.1, -0.05) is 20.8 Å². The fraction of sp³-hybridized carbons (Fsp3) is 0.750. The SMILES string of the molecule is CCCn1ccnc1C(CC(C)C)NC. The minimum atomic E-state index is 0.381. The Balaban J connectivity index is 2.76. The second-order valence-corrected chi connectivity index (χ2v) is 4.45. The average Bonchev–Trinajstić information content (AvgIpc) is 2.63. The van der Waals surface area contributed by atoms with Crippen molar-refractivity contribution < 1.29 is 0 Å². The van der Waals surface area contributed by atoms with Crippen LogP contribution >= 0.6 is 0 Å². The third kappa shape index (κ3) is 3.34. The Bertz CT molecular complexity index is 278. The molecule has 3 nitrogen and oxygen atoms in total. The second kappa shape index (κ2) is 5.91. The van der Waals surface area contributed by atoms with Gasteiger partial charge in [-0.15, -0.1) is 0 Å². The van der Waals surface area contributed by atoms with Gasteiger partial charge in [0.25, 0.3) is 0 Å². The summed E-state index contributed by atoms with van der Waals surface area (Å²) >= 11 is 0. The van der Waals surface area contributed by atoms with Gasteiger partial charge in [0.1, 0.15) is 5.82 Å². The summed E-state index contributed by atoms with van der Waals surface area (Å²) in [6, 6.07) is 0.381. The summed E-state index contributed by atoms with van der Waals surface area (Å²) in [6.07, 6.45) is 6.26. The molecule has 0 spiro atoms. The predicted octanol–water partition coefficient (Wildman–Crippen LogP) is 2.60. The van der Waals surface area contributed by atoms with Crippen LogP contribution in [0.1, 0.15) is 45.5 Å². The normalized spacial score (nSPS) is 13.4. The maximum Gasteiger partial charge on any atom is 0.125 e. The standard InChI is InChI=1S/C12H23N3/c1-5-7-15-8-6-14-12(15)11(13-4)9-10(2)3/h6,8,10-11,13H,5,7,9H2,1-4H3. The van der Waals surface area contributed by atoms with E-state index in [4.69, 9.17) is 0 Å². The van der Waals surface area contributed by atoms with Crippen LogP contribution in [0.15, 0.2) is 12.4 Å². The first-order valence-electron chi connectivity index (χ1n) is 5.87. The fourth-order valence-corrected chi connectivity index (χ4v) is 1.88. The number of rotatable bonds is 6. The summed E-state index contributed by atoms with van der Waals surface area (Å²) in [5.74, 6) is 1.86. The molecular weight excluding hydrogens is 186 g/mol. The van der Waals surface area contributed by atoms with E-state index in [1.54, 1.807) is 0 Å². The highest BCUT2D eigenvalue weighted by Gasteiger charge is 2.15. The molecule has 0 aliphatic rings. The van der Waals surface area contributed by atoms with Crippen LogP contribution in [0.25, 0.3) is 0 Å². The van der Waals surface area contributed by atoms with Gasteiger partial charge in [-0.05, 0) is 25.8 Å². The molecule has 0 aromatic carbocycles. The first-order chi connectivity index (χ1) is 7.19. The summed E-state index contributed by atoms with van der Waals surface area (Å²) in [6.45, 7) is 7.75. The van der Waals surface area contributed by atoms with E-state index in [-0.39, 0.29) is 0 Å². The molecule has 1 N–H and O–H groups in total. The lowest BCUT2D eigenvalue weighted by Gasteiger charge is -2.19. The van der Waals surface area contributed by atoms with Crippen molar-refractivity contribution in [2.24, 2.45) is 5.92 Å². The molecule has 1 rings (SSSR count). The van der Waals surface area contributed by atoms with E-state index in [9.17, 15) is 0 Å². The predicted molar refractivity (Wildman–Crippen MR) is 63.8 cm³/mol. The van der Waals surface area contributed by atoms with Gasteiger partial charge in [0.05, 0.1) is 6.04 Å². The van der Waals surface area contributed by atoms with Gasteiger partial charge in [-0.2, -0.15) is 0 Å². The van der Waals surface area contributed by atoms with Crippen LogP contribution in [0.4, 0.5) is 0 Å². The first kappa shape index (κ1) is 12.2. The maximum absolute atomic E-state index is 4.46. The zero-order valence-corrected chi connectivity index (χ0v) is 10.3. The van der Waals surface area contributed by atoms with Crippen molar-refractivity contribution in [3.63, 3.8) is 0 Å². The van der Waals surface area contributed by atoms with E-state index >= 15 is 0 Å². The fourth-order valence-electron chi connectivity index (χ4n) is 1.88. The monoisotopic (exact) mass is 209 g/mol. The number of hydrogen-bond acceptors (Lipinski definition) is 2. The molecule has 3 heteroatoms. The van der Waals surface area contributed by atoms with Gasteiger partial charge in [0, 0.05) is 18.9 Å². The molecule has 0 bridgehead atoms. The minimum Gasteiger partial charge on any atom is -0.334 e. The largest absolute Gasteiger partial charge is 0.334 e. The number of hydrogen-bond donors (Lipinski definition) is 1. The molecule has 0 saturated heterocycles. The highest BCUT2D eigenvalue weighted by atomic mass is 15.1. The molecule has 1 unspecified atom stereocenters. The van der Waals surface area contributed by atoms with E-state index in [1.165, 1.54) is 5.82 Å². The third-order valence-corrected chi connectivity index (χ3v) is 2.58. The summed E-state index contributed by atoms with van der Waals surface area (Å²) < 4.78 is 2.25. The van der Waals surface area contributed by atoms with Crippen LogP contribution in [-0.4, -0.2) is 16.6 Å². The molecule has 0 fully saturated rings. The summed E-state index contributed by atoms with van der Waals surface area (Å²) in [4.78, 5) is 4.46. The molecule has 1 aromatic rings. The van der Waals surface area contributed by atoms with Crippen LogP contribution < -0.4 is 5.32 Å². The molecule has 0 aliphatic heterocycles. The van der Waals surface area contributed by atoms with Crippen molar-refractivity contribution in [2.75, 3.05) is 7.05 Å². The highest BCUT2D eigenvalue weighted by Crippen LogP contribution is 2.19. The number of imidazole rings is 1. The lowest BCUT2D eigenvalue weighted by atomic mass is 10.0. The molecule has 0 saturated carbocycles. The number of aryl methyl sites for hydroxylation is 1. The Kier molecular flexibility index (Phi) is 4.82. The topological polar surface area (TPSA) is 29.9 Å².